The topological polar surface area (TPSA) is 66.9 Å². The largest absolute Gasteiger partial charge is 0.495 e. The zero-order valence-electron chi connectivity index (χ0n) is 16.3. The Hall–Kier alpha value is -2.64. The van der Waals surface area contributed by atoms with Crippen molar-refractivity contribution in [3.8, 4) is 5.75 Å². The summed E-state index contributed by atoms with van der Waals surface area (Å²) in [4.78, 5) is 14.4. The minimum Gasteiger partial charge on any atom is -0.495 e. The van der Waals surface area contributed by atoms with Crippen LogP contribution in [0.25, 0.3) is 6.08 Å². The second-order valence-electron chi connectivity index (χ2n) is 6.81. The summed E-state index contributed by atoms with van der Waals surface area (Å²) in [5.41, 5.74) is 3.07. The smallest absolute Gasteiger partial charge is 0.246 e. The molecule has 0 fully saturated rings. The molecule has 0 saturated carbocycles. The Morgan fingerprint density at radius 1 is 1.14 bits per heavy atom. The number of fused-ring (bicyclic) bond motifs is 1. The molecule has 0 spiro atoms. The SMILES string of the molecule is COc1ccc(/C=C/C(=O)N2CCc3ccccc3C2)cc1S(=O)(=O)N(C)C. The first kappa shape index (κ1) is 20.1. The predicted molar refractivity (Wildman–Crippen MR) is 108 cm³/mol. The zero-order valence-corrected chi connectivity index (χ0v) is 17.1. The van der Waals surface area contributed by atoms with Gasteiger partial charge in [-0.05, 0) is 41.3 Å². The standard InChI is InChI=1S/C21H24N2O4S/c1-22(2)28(25,26)20-14-16(8-10-19(20)27-3)9-11-21(24)23-13-12-17-6-4-5-7-18(17)15-23/h4-11,14H,12-13,15H2,1-3H3/b11-9+. The summed E-state index contributed by atoms with van der Waals surface area (Å²) in [6.07, 6.45) is 3.96. The number of rotatable bonds is 5. The number of hydrogen-bond donors (Lipinski definition) is 0. The Labute approximate surface area is 166 Å². The van der Waals surface area contributed by atoms with Crippen LogP contribution in [0.2, 0.25) is 0 Å². The van der Waals surface area contributed by atoms with Gasteiger partial charge in [0.1, 0.15) is 10.6 Å². The molecule has 0 bridgehead atoms. The van der Waals surface area contributed by atoms with E-state index in [1.807, 2.05) is 18.2 Å². The van der Waals surface area contributed by atoms with Crippen molar-refractivity contribution in [2.45, 2.75) is 17.9 Å². The average molecular weight is 401 g/mol. The van der Waals surface area contributed by atoms with Crippen molar-refractivity contribution >= 4 is 22.0 Å². The maximum absolute atomic E-state index is 12.6. The molecule has 6 nitrogen and oxygen atoms in total. The van der Waals surface area contributed by atoms with Gasteiger partial charge in [0.05, 0.1) is 7.11 Å². The van der Waals surface area contributed by atoms with Gasteiger partial charge in [-0.15, -0.1) is 0 Å². The summed E-state index contributed by atoms with van der Waals surface area (Å²) in [6, 6.07) is 13.0. The molecule has 3 rings (SSSR count). The van der Waals surface area contributed by atoms with Gasteiger partial charge in [0.15, 0.2) is 0 Å². The van der Waals surface area contributed by atoms with Crippen molar-refractivity contribution in [3.63, 3.8) is 0 Å². The molecule has 7 heteroatoms. The number of amides is 1. The molecule has 0 unspecified atom stereocenters. The van der Waals surface area contributed by atoms with Gasteiger partial charge in [-0.25, -0.2) is 12.7 Å². The van der Waals surface area contributed by atoms with Crippen LogP contribution in [-0.4, -0.2) is 51.3 Å². The van der Waals surface area contributed by atoms with E-state index < -0.39 is 10.0 Å². The van der Waals surface area contributed by atoms with E-state index in [9.17, 15) is 13.2 Å². The van der Waals surface area contributed by atoms with E-state index in [1.165, 1.54) is 44.5 Å². The van der Waals surface area contributed by atoms with Gasteiger partial charge < -0.3 is 9.64 Å². The number of carbonyl (C=O) groups excluding carboxylic acids is 1. The third-order valence-corrected chi connectivity index (χ3v) is 6.64. The molecule has 1 amide bonds. The third kappa shape index (κ3) is 4.10. The van der Waals surface area contributed by atoms with Gasteiger partial charge in [0.25, 0.3) is 0 Å². The van der Waals surface area contributed by atoms with Gasteiger partial charge in [0.2, 0.25) is 15.9 Å². The molecule has 0 aliphatic carbocycles. The van der Waals surface area contributed by atoms with Crippen molar-refractivity contribution in [3.05, 3.63) is 65.2 Å². The summed E-state index contributed by atoms with van der Waals surface area (Å²) in [5.74, 6) is 0.173. The van der Waals surface area contributed by atoms with E-state index in [0.29, 0.717) is 18.7 Å². The summed E-state index contributed by atoms with van der Waals surface area (Å²) >= 11 is 0. The molecular weight excluding hydrogens is 376 g/mol. The van der Waals surface area contributed by atoms with Crippen LogP contribution in [0.3, 0.4) is 0 Å². The van der Waals surface area contributed by atoms with Crippen molar-refractivity contribution in [1.82, 2.24) is 9.21 Å². The number of hydrogen-bond acceptors (Lipinski definition) is 4. The van der Waals surface area contributed by atoms with Gasteiger partial charge in [-0.2, -0.15) is 0 Å². The maximum atomic E-state index is 12.6. The summed E-state index contributed by atoms with van der Waals surface area (Å²) in [6.45, 7) is 1.26. The van der Waals surface area contributed by atoms with Crippen LogP contribution in [0.5, 0.6) is 5.75 Å². The van der Waals surface area contributed by atoms with Gasteiger partial charge in [-0.3, -0.25) is 4.79 Å². The van der Waals surface area contributed by atoms with E-state index in [4.69, 9.17) is 4.74 Å². The lowest BCUT2D eigenvalue weighted by atomic mass is 10.00. The fourth-order valence-corrected chi connectivity index (χ4v) is 4.24. The first-order valence-corrected chi connectivity index (χ1v) is 10.4. The first-order chi connectivity index (χ1) is 13.3. The molecule has 2 aromatic carbocycles. The highest BCUT2D eigenvalue weighted by atomic mass is 32.2. The van der Waals surface area contributed by atoms with Gasteiger partial charge in [0, 0.05) is 33.3 Å². The number of methoxy groups -OCH3 is 1. The molecule has 2 aromatic rings. The second kappa shape index (κ2) is 8.16. The summed E-state index contributed by atoms with van der Waals surface area (Å²) in [7, 11) is 0.707. The molecular formula is C21H24N2O4S. The minimum atomic E-state index is -3.66. The Morgan fingerprint density at radius 3 is 2.54 bits per heavy atom. The lowest BCUT2D eigenvalue weighted by Crippen LogP contribution is -2.34. The monoisotopic (exact) mass is 400 g/mol. The van der Waals surface area contributed by atoms with E-state index in [2.05, 4.69) is 6.07 Å². The average Bonchev–Trinajstić information content (AvgIpc) is 2.71. The molecule has 0 saturated heterocycles. The second-order valence-corrected chi connectivity index (χ2v) is 8.93. The molecule has 1 aliphatic heterocycles. The highest BCUT2D eigenvalue weighted by Crippen LogP contribution is 2.27. The number of carbonyl (C=O) groups is 1. The fourth-order valence-electron chi connectivity index (χ4n) is 3.15. The molecule has 1 aliphatic rings. The number of ether oxygens (including phenoxy) is 1. The zero-order chi connectivity index (χ0) is 20.3. The Balaban J connectivity index is 1.80. The van der Waals surface area contributed by atoms with Crippen LogP contribution in [-0.2, 0) is 27.8 Å². The maximum Gasteiger partial charge on any atom is 0.246 e. The van der Waals surface area contributed by atoms with Crippen molar-refractivity contribution < 1.29 is 17.9 Å². The number of nitrogens with zero attached hydrogens (tertiary/aromatic N) is 2. The fraction of sp³-hybridized carbons (Fsp3) is 0.286. The van der Waals surface area contributed by atoms with Crippen LogP contribution in [0.4, 0.5) is 0 Å². The van der Waals surface area contributed by atoms with Crippen LogP contribution in [0, 0.1) is 0 Å². The lowest BCUT2D eigenvalue weighted by molar-refractivity contribution is -0.126. The minimum absolute atomic E-state index is 0.0708. The molecule has 0 N–H and O–H groups in total. The molecule has 28 heavy (non-hydrogen) atoms. The van der Waals surface area contributed by atoms with Gasteiger partial charge >= 0.3 is 0 Å². The van der Waals surface area contributed by atoms with Crippen LogP contribution >= 0.6 is 0 Å². The predicted octanol–water partition coefficient (Wildman–Crippen LogP) is 2.54. The molecule has 0 atom stereocenters. The summed E-state index contributed by atoms with van der Waals surface area (Å²) in [5, 5.41) is 0. The highest BCUT2D eigenvalue weighted by molar-refractivity contribution is 7.89. The quantitative estimate of drug-likeness (QED) is 0.724. The van der Waals surface area contributed by atoms with Crippen molar-refractivity contribution in [2.75, 3.05) is 27.7 Å². The van der Waals surface area contributed by atoms with E-state index >= 15 is 0 Å². The highest BCUT2D eigenvalue weighted by Gasteiger charge is 2.22. The Morgan fingerprint density at radius 2 is 1.86 bits per heavy atom. The van der Waals surface area contributed by atoms with Crippen molar-refractivity contribution in [2.24, 2.45) is 0 Å². The molecule has 0 radical (unpaired) electrons. The van der Waals surface area contributed by atoms with Crippen molar-refractivity contribution in [1.29, 1.82) is 0 Å². The van der Waals surface area contributed by atoms with Gasteiger partial charge in [-0.1, -0.05) is 30.3 Å². The van der Waals surface area contributed by atoms with Crippen LogP contribution < -0.4 is 4.74 Å². The molecule has 1 heterocycles. The van der Waals surface area contributed by atoms with Crippen LogP contribution in [0.1, 0.15) is 16.7 Å². The third-order valence-electron chi connectivity index (χ3n) is 4.81. The first-order valence-electron chi connectivity index (χ1n) is 8.97. The number of sulfonamides is 1. The lowest BCUT2D eigenvalue weighted by Gasteiger charge is -2.27. The van der Waals surface area contributed by atoms with E-state index in [1.54, 1.807) is 23.1 Å². The molecule has 0 aromatic heterocycles. The number of benzene rings is 2. The van der Waals surface area contributed by atoms with E-state index in [0.717, 1.165) is 10.7 Å². The molecule has 148 valence electrons. The Bertz CT molecular complexity index is 1010. The van der Waals surface area contributed by atoms with Crippen LogP contribution in [0.15, 0.2) is 53.4 Å². The normalized spacial score (nSPS) is 14.4. The van der Waals surface area contributed by atoms with E-state index in [-0.39, 0.29) is 16.6 Å². The Kier molecular flexibility index (Phi) is 5.86. The summed E-state index contributed by atoms with van der Waals surface area (Å²) < 4.78 is 31.3.